The molecule has 3 N–H and O–H groups in total. The number of hydrogen-bond donors (Lipinski definition) is 3. The van der Waals surface area contributed by atoms with Crippen molar-refractivity contribution < 1.29 is 19.5 Å². The van der Waals surface area contributed by atoms with E-state index >= 15 is 0 Å². The van der Waals surface area contributed by atoms with Crippen LogP contribution in [0.2, 0.25) is 0 Å². The van der Waals surface area contributed by atoms with Gasteiger partial charge in [-0.1, -0.05) is 0 Å². The zero-order valence-electron chi connectivity index (χ0n) is 13.2. The van der Waals surface area contributed by atoms with Gasteiger partial charge in [-0.2, -0.15) is 0 Å². The Morgan fingerprint density at radius 1 is 1.50 bits per heavy atom. The van der Waals surface area contributed by atoms with E-state index < -0.39 is 0 Å². The molecule has 0 aromatic carbocycles. The first-order valence-electron chi connectivity index (χ1n) is 6.66. The van der Waals surface area contributed by atoms with Crippen LogP contribution in [-0.2, 0) is 16.1 Å². The Kier molecular flexibility index (Phi) is 9.00. The van der Waals surface area contributed by atoms with E-state index in [2.05, 4.69) is 15.6 Å². The normalized spacial score (nSPS) is 9.50. The first-order chi connectivity index (χ1) is 10.4. The van der Waals surface area contributed by atoms with Gasteiger partial charge < -0.3 is 25.2 Å². The number of nitrogens with zero attached hydrogens (tertiary/aromatic N) is 3. The Labute approximate surface area is 129 Å². The quantitative estimate of drug-likeness (QED) is 0.664. The van der Waals surface area contributed by atoms with Crippen LogP contribution in [0.5, 0.6) is 0 Å². The Morgan fingerprint density at radius 2 is 2.09 bits per heavy atom. The summed E-state index contributed by atoms with van der Waals surface area (Å²) >= 11 is 0. The van der Waals surface area contributed by atoms with Gasteiger partial charge >= 0.3 is 6.03 Å². The number of rotatable bonds is 5. The highest BCUT2D eigenvalue weighted by atomic mass is 16.3. The summed E-state index contributed by atoms with van der Waals surface area (Å²) in [5, 5.41) is 12.1. The van der Waals surface area contributed by atoms with Gasteiger partial charge in [0.2, 0.25) is 5.91 Å². The largest absolute Gasteiger partial charge is 0.483 e. The first kappa shape index (κ1) is 19.4. The minimum Gasteiger partial charge on any atom is -0.483 e. The van der Waals surface area contributed by atoms with Crippen molar-refractivity contribution in [2.75, 3.05) is 20.6 Å². The Morgan fingerprint density at radius 3 is 2.59 bits per heavy atom. The zero-order chi connectivity index (χ0) is 17.1. The van der Waals surface area contributed by atoms with Gasteiger partial charge in [0, 0.05) is 32.5 Å². The van der Waals surface area contributed by atoms with E-state index in [1.165, 1.54) is 11.9 Å². The lowest BCUT2D eigenvalue weighted by Gasteiger charge is -2.17. The van der Waals surface area contributed by atoms with Crippen molar-refractivity contribution in [3.63, 3.8) is 0 Å². The molecule has 0 saturated carbocycles. The molecule has 0 aliphatic rings. The lowest BCUT2D eigenvalue weighted by molar-refractivity contribution is -0.123. The highest BCUT2D eigenvalue weighted by molar-refractivity contribution is 5.83. The third-order valence-corrected chi connectivity index (χ3v) is 2.71. The lowest BCUT2D eigenvalue weighted by atomic mass is 10.4. The van der Waals surface area contributed by atoms with Gasteiger partial charge in [-0.3, -0.25) is 9.59 Å². The third-order valence-electron chi connectivity index (χ3n) is 2.71. The standard InChI is InChI=1S/C12H21N5O2.CH2O2/c1-9(2)17-6-5-14-10(17)7-15-12(19)16(4)8-11(18)13-3;2-1-3/h5-6,9H,7-8H2,1-4H3,(H,13,18)(H,15,19);1H,(H,2,3). The fraction of sp³-hybridized carbons (Fsp3) is 0.538. The summed E-state index contributed by atoms with van der Waals surface area (Å²) in [5.41, 5.74) is 0. The van der Waals surface area contributed by atoms with Crippen LogP contribution in [-0.4, -0.2) is 58.6 Å². The summed E-state index contributed by atoms with van der Waals surface area (Å²) in [6, 6.07) is -0.0140. The van der Waals surface area contributed by atoms with Gasteiger partial charge in [0.15, 0.2) is 0 Å². The Bertz CT molecular complexity index is 487. The molecular formula is C13H23N5O4. The summed E-state index contributed by atoms with van der Waals surface area (Å²) < 4.78 is 1.99. The molecule has 9 heteroatoms. The molecule has 0 aliphatic heterocycles. The summed E-state index contributed by atoms with van der Waals surface area (Å²) in [6.45, 7) is 4.21. The second kappa shape index (κ2) is 10.2. The fourth-order valence-corrected chi connectivity index (χ4v) is 1.61. The van der Waals surface area contributed by atoms with Gasteiger partial charge in [-0.25, -0.2) is 9.78 Å². The maximum Gasteiger partial charge on any atom is 0.317 e. The van der Waals surface area contributed by atoms with Crippen molar-refractivity contribution in [1.82, 2.24) is 25.1 Å². The minimum absolute atomic E-state index is 0.0287. The number of aromatic nitrogens is 2. The summed E-state index contributed by atoms with van der Waals surface area (Å²) in [7, 11) is 3.10. The monoisotopic (exact) mass is 313 g/mol. The molecule has 1 rings (SSSR count). The molecule has 22 heavy (non-hydrogen) atoms. The average molecular weight is 313 g/mol. The molecule has 0 radical (unpaired) electrons. The molecule has 0 spiro atoms. The van der Waals surface area contributed by atoms with Crippen molar-refractivity contribution in [2.24, 2.45) is 0 Å². The van der Waals surface area contributed by atoms with Crippen LogP contribution in [0, 0.1) is 0 Å². The smallest absolute Gasteiger partial charge is 0.317 e. The number of carbonyl (C=O) groups excluding carboxylic acids is 2. The molecule has 1 aromatic heterocycles. The molecule has 1 heterocycles. The molecule has 0 aliphatic carbocycles. The van der Waals surface area contributed by atoms with Crippen molar-refractivity contribution in [2.45, 2.75) is 26.4 Å². The number of imidazole rings is 1. The van der Waals surface area contributed by atoms with Crippen molar-refractivity contribution in [3.8, 4) is 0 Å². The highest BCUT2D eigenvalue weighted by Gasteiger charge is 2.13. The molecule has 3 amide bonds. The van der Waals surface area contributed by atoms with Crippen LogP contribution in [0.15, 0.2) is 12.4 Å². The molecule has 124 valence electrons. The summed E-state index contributed by atoms with van der Waals surface area (Å²) in [6.07, 6.45) is 3.58. The molecular weight excluding hydrogens is 290 g/mol. The predicted molar refractivity (Wildman–Crippen MR) is 80.2 cm³/mol. The molecule has 0 fully saturated rings. The number of carbonyl (C=O) groups is 3. The van der Waals surface area contributed by atoms with Crippen molar-refractivity contribution in [3.05, 3.63) is 18.2 Å². The highest BCUT2D eigenvalue weighted by Crippen LogP contribution is 2.07. The Hall–Kier alpha value is -2.58. The second-order valence-electron chi connectivity index (χ2n) is 4.64. The molecule has 0 saturated heterocycles. The first-order valence-corrected chi connectivity index (χ1v) is 6.66. The van der Waals surface area contributed by atoms with Crippen LogP contribution in [0.1, 0.15) is 25.7 Å². The number of hydrogen-bond acceptors (Lipinski definition) is 4. The van der Waals surface area contributed by atoms with E-state index in [4.69, 9.17) is 9.90 Å². The van der Waals surface area contributed by atoms with E-state index in [-0.39, 0.29) is 31.0 Å². The molecule has 0 atom stereocenters. The molecule has 0 bridgehead atoms. The molecule has 0 unspecified atom stereocenters. The maximum atomic E-state index is 11.8. The van der Waals surface area contributed by atoms with Crippen LogP contribution in [0.4, 0.5) is 4.79 Å². The Balaban J connectivity index is 0.00000135. The maximum absolute atomic E-state index is 11.8. The number of urea groups is 1. The van der Waals surface area contributed by atoms with Crippen molar-refractivity contribution >= 4 is 18.4 Å². The number of carboxylic acid groups (broad SMARTS) is 1. The van der Waals surface area contributed by atoms with Crippen LogP contribution in [0.25, 0.3) is 0 Å². The molecule has 9 nitrogen and oxygen atoms in total. The average Bonchev–Trinajstić information content (AvgIpc) is 2.93. The summed E-state index contributed by atoms with van der Waals surface area (Å²) in [5.74, 6) is 0.582. The van der Waals surface area contributed by atoms with Gasteiger partial charge in [-0.15, -0.1) is 0 Å². The predicted octanol–water partition coefficient (Wildman–Crippen LogP) is 0.0522. The van der Waals surface area contributed by atoms with E-state index in [1.54, 1.807) is 13.2 Å². The van der Waals surface area contributed by atoms with Crippen molar-refractivity contribution in [1.29, 1.82) is 0 Å². The number of amides is 3. The topological polar surface area (TPSA) is 117 Å². The van der Waals surface area contributed by atoms with Gasteiger partial charge in [0.25, 0.3) is 6.47 Å². The minimum atomic E-state index is -0.304. The van der Waals surface area contributed by atoms with Gasteiger partial charge in [0.1, 0.15) is 12.4 Å². The van der Waals surface area contributed by atoms with Crippen LogP contribution < -0.4 is 10.6 Å². The lowest BCUT2D eigenvalue weighted by Crippen LogP contribution is -2.42. The third kappa shape index (κ3) is 6.73. The van der Waals surface area contributed by atoms with E-state index in [1.807, 2.05) is 24.6 Å². The van der Waals surface area contributed by atoms with E-state index in [0.29, 0.717) is 6.54 Å². The SMILES string of the molecule is CNC(=O)CN(C)C(=O)NCc1nccn1C(C)C.O=CO. The van der Waals surface area contributed by atoms with E-state index in [0.717, 1.165) is 5.82 Å². The van der Waals surface area contributed by atoms with Gasteiger partial charge in [0.05, 0.1) is 6.54 Å². The zero-order valence-corrected chi connectivity index (χ0v) is 13.2. The fourth-order valence-electron chi connectivity index (χ4n) is 1.61. The van der Waals surface area contributed by atoms with Crippen LogP contribution >= 0.6 is 0 Å². The number of nitrogens with one attached hydrogen (secondary N) is 2. The molecule has 1 aromatic rings. The van der Waals surface area contributed by atoms with E-state index in [9.17, 15) is 9.59 Å². The summed E-state index contributed by atoms with van der Waals surface area (Å²) in [4.78, 5) is 36.8. The second-order valence-corrected chi connectivity index (χ2v) is 4.64. The van der Waals surface area contributed by atoms with Crippen LogP contribution in [0.3, 0.4) is 0 Å². The number of likely N-dealkylation sites (N-methyl/N-ethyl adjacent to an activating group) is 2. The van der Waals surface area contributed by atoms with Gasteiger partial charge in [-0.05, 0) is 13.8 Å².